The van der Waals surface area contributed by atoms with Crippen molar-refractivity contribution in [2.24, 2.45) is 0 Å². The van der Waals surface area contributed by atoms with Crippen molar-refractivity contribution in [1.82, 2.24) is 15.0 Å². The smallest absolute Gasteiger partial charge is 0.102 e. The molecule has 0 spiro atoms. The fraction of sp³-hybridized carbons (Fsp3) is 0.500. The second kappa shape index (κ2) is 5.65. The zero-order chi connectivity index (χ0) is 14.8. The fourth-order valence-electron chi connectivity index (χ4n) is 2.16. The van der Waals surface area contributed by atoms with E-state index in [1.807, 2.05) is 10.9 Å². The van der Waals surface area contributed by atoms with Crippen molar-refractivity contribution in [2.75, 3.05) is 5.32 Å². The standard InChI is InChI=1S/C16H24N4/c1-6-13-9-7-8-12(2)15(13)17-10-14-11-20(19-18-14)16(3,4)5/h7-9,11,17H,6,10H2,1-5H3. The van der Waals surface area contributed by atoms with Crippen LogP contribution in [0.1, 0.15) is 44.5 Å². The Hall–Kier alpha value is -1.84. The van der Waals surface area contributed by atoms with E-state index < -0.39 is 0 Å². The summed E-state index contributed by atoms with van der Waals surface area (Å²) in [4.78, 5) is 0. The summed E-state index contributed by atoms with van der Waals surface area (Å²) in [7, 11) is 0. The highest BCUT2D eigenvalue weighted by Gasteiger charge is 2.15. The molecule has 1 N–H and O–H groups in total. The lowest BCUT2D eigenvalue weighted by atomic mass is 10.1. The van der Waals surface area contributed by atoms with Crippen molar-refractivity contribution >= 4 is 5.69 Å². The van der Waals surface area contributed by atoms with Crippen LogP contribution >= 0.6 is 0 Å². The van der Waals surface area contributed by atoms with Gasteiger partial charge >= 0.3 is 0 Å². The van der Waals surface area contributed by atoms with Crippen LogP contribution in [-0.4, -0.2) is 15.0 Å². The number of rotatable bonds is 4. The van der Waals surface area contributed by atoms with Crippen molar-refractivity contribution in [3.8, 4) is 0 Å². The van der Waals surface area contributed by atoms with Crippen LogP contribution in [0, 0.1) is 6.92 Å². The van der Waals surface area contributed by atoms with E-state index in [1.165, 1.54) is 16.8 Å². The van der Waals surface area contributed by atoms with Crippen LogP contribution in [0.15, 0.2) is 24.4 Å². The highest BCUT2D eigenvalue weighted by molar-refractivity contribution is 5.57. The first kappa shape index (κ1) is 14.6. The number of nitrogens with one attached hydrogen (secondary N) is 1. The lowest BCUT2D eigenvalue weighted by molar-refractivity contribution is 0.347. The highest BCUT2D eigenvalue weighted by Crippen LogP contribution is 2.21. The molecule has 4 heteroatoms. The molecule has 1 aromatic carbocycles. The van der Waals surface area contributed by atoms with E-state index in [2.05, 4.69) is 68.4 Å². The van der Waals surface area contributed by atoms with Crippen LogP contribution in [0.3, 0.4) is 0 Å². The molecule has 0 amide bonds. The molecule has 2 rings (SSSR count). The molecule has 0 bridgehead atoms. The first-order valence-electron chi connectivity index (χ1n) is 7.16. The molecule has 0 aliphatic rings. The fourth-order valence-corrected chi connectivity index (χ4v) is 2.16. The van der Waals surface area contributed by atoms with Crippen molar-refractivity contribution in [2.45, 2.75) is 53.1 Å². The van der Waals surface area contributed by atoms with Gasteiger partial charge in [-0.05, 0) is 45.2 Å². The van der Waals surface area contributed by atoms with Gasteiger partial charge in [0.25, 0.3) is 0 Å². The maximum Gasteiger partial charge on any atom is 0.102 e. The van der Waals surface area contributed by atoms with Gasteiger partial charge in [-0.15, -0.1) is 5.10 Å². The minimum atomic E-state index is -0.0253. The van der Waals surface area contributed by atoms with E-state index in [1.54, 1.807) is 0 Å². The second-order valence-electron chi connectivity index (χ2n) is 6.14. The van der Waals surface area contributed by atoms with Crippen molar-refractivity contribution in [3.05, 3.63) is 41.2 Å². The van der Waals surface area contributed by atoms with Crippen LogP contribution in [-0.2, 0) is 18.5 Å². The number of para-hydroxylation sites is 1. The number of hydrogen-bond acceptors (Lipinski definition) is 3. The van der Waals surface area contributed by atoms with E-state index in [0.717, 1.165) is 12.1 Å². The summed E-state index contributed by atoms with van der Waals surface area (Å²) in [6.07, 6.45) is 3.04. The number of benzene rings is 1. The van der Waals surface area contributed by atoms with Crippen LogP contribution in [0.25, 0.3) is 0 Å². The Kier molecular flexibility index (Phi) is 4.12. The first-order chi connectivity index (χ1) is 9.41. The molecule has 0 radical (unpaired) electrons. The Labute approximate surface area is 121 Å². The maximum atomic E-state index is 4.23. The monoisotopic (exact) mass is 272 g/mol. The van der Waals surface area contributed by atoms with Gasteiger partial charge in [-0.3, -0.25) is 0 Å². The van der Waals surface area contributed by atoms with Crippen molar-refractivity contribution in [1.29, 1.82) is 0 Å². The normalized spacial score (nSPS) is 11.7. The molecule has 0 aliphatic heterocycles. The largest absolute Gasteiger partial charge is 0.379 e. The Morgan fingerprint density at radius 1 is 1.25 bits per heavy atom. The molecule has 2 aromatic rings. The highest BCUT2D eigenvalue weighted by atomic mass is 15.4. The topological polar surface area (TPSA) is 42.7 Å². The third-order valence-electron chi connectivity index (χ3n) is 3.41. The zero-order valence-electron chi connectivity index (χ0n) is 13.1. The van der Waals surface area contributed by atoms with Crippen LogP contribution in [0.5, 0.6) is 0 Å². The van der Waals surface area contributed by atoms with Crippen LogP contribution in [0.4, 0.5) is 5.69 Å². The third kappa shape index (κ3) is 3.18. The molecule has 108 valence electrons. The van der Waals surface area contributed by atoms with Crippen LogP contribution < -0.4 is 5.32 Å². The molecule has 0 atom stereocenters. The average molecular weight is 272 g/mol. The van der Waals surface area contributed by atoms with Gasteiger partial charge in [0.15, 0.2) is 0 Å². The van der Waals surface area contributed by atoms with Gasteiger partial charge < -0.3 is 5.32 Å². The van der Waals surface area contributed by atoms with E-state index in [0.29, 0.717) is 6.54 Å². The minimum absolute atomic E-state index is 0.0253. The third-order valence-corrected chi connectivity index (χ3v) is 3.41. The Bertz CT molecular complexity index is 578. The lowest BCUT2D eigenvalue weighted by Crippen LogP contribution is -2.22. The number of anilines is 1. The van der Waals surface area contributed by atoms with Crippen molar-refractivity contribution in [3.63, 3.8) is 0 Å². The molecule has 20 heavy (non-hydrogen) atoms. The summed E-state index contributed by atoms with van der Waals surface area (Å²) in [5.41, 5.74) is 4.77. The Balaban J connectivity index is 2.11. The van der Waals surface area contributed by atoms with Gasteiger partial charge in [0.2, 0.25) is 0 Å². The van der Waals surface area contributed by atoms with Crippen LogP contribution in [0.2, 0.25) is 0 Å². The van der Waals surface area contributed by atoms with E-state index >= 15 is 0 Å². The van der Waals surface area contributed by atoms with Gasteiger partial charge in [-0.25, -0.2) is 4.68 Å². The van der Waals surface area contributed by atoms with Gasteiger partial charge in [0, 0.05) is 5.69 Å². The van der Waals surface area contributed by atoms with E-state index in [9.17, 15) is 0 Å². The number of aryl methyl sites for hydroxylation is 2. The van der Waals surface area contributed by atoms with E-state index in [-0.39, 0.29) is 5.54 Å². The maximum absolute atomic E-state index is 4.23. The molecular weight excluding hydrogens is 248 g/mol. The number of aromatic nitrogens is 3. The predicted molar refractivity (Wildman–Crippen MR) is 82.9 cm³/mol. The average Bonchev–Trinajstić information content (AvgIpc) is 2.85. The first-order valence-corrected chi connectivity index (χ1v) is 7.16. The Morgan fingerprint density at radius 3 is 2.60 bits per heavy atom. The lowest BCUT2D eigenvalue weighted by Gasteiger charge is -2.17. The second-order valence-corrected chi connectivity index (χ2v) is 6.14. The van der Waals surface area contributed by atoms with Gasteiger partial charge in [0.05, 0.1) is 18.3 Å². The summed E-state index contributed by atoms with van der Waals surface area (Å²) < 4.78 is 1.91. The van der Waals surface area contributed by atoms with Gasteiger partial charge in [0.1, 0.15) is 5.69 Å². The SMILES string of the molecule is CCc1cccc(C)c1NCc1cn(C(C)(C)C)nn1. The zero-order valence-corrected chi connectivity index (χ0v) is 13.1. The number of nitrogens with zero attached hydrogens (tertiary/aromatic N) is 3. The summed E-state index contributed by atoms with van der Waals surface area (Å²) in [6.45, 7) is 11.4. The molecule has 0 unspecified atom stereocenters. The molecule has 0 saturated heterocycles. The summed E-state index contributed by atoms with van der Waals surface area (Å²) in [5.74, 6) is 0. The quantitative estimate of drug-likeness (QED) is 0.926. The summed E-state index contributed by atoms with van der Waals surface area (Å²) >= 11 is 0. The molecule has 1 heterocycles. The molecular formula is C16H24N4. The van der Waals surface area contributed by atoms with Gasteiger partial charge in [-0.2, -0.15) is 0 Å². The Morgan fingerprint density at radius 2 is 2.00 bits per heavy atom. The van der Waals surface area contributed by atoms with Gasteiger partial charge in [-0.1, -0.05) is 30.3 Å². The van der Waals surface area contributed by atoms with E-state index in [4.69, 9.17) is 0 Å². The summed E-state index contributed by atoms with van der Waals surface area (Å²) in [6, 6.07) is 6.41. The minimum Gasteiger partial charge on any atom is -0.379 e. The van der Waals surface area contributed by atoms with Crippen molar-refractivity contribution < 1.29 is 0 Å². The number of hydrogen-bond donors (Lipinski definition) is 1. The molecule has 4 nitrogen and oxygen atoms in total. The predicted octanol–water partition coefficient (Wildman–Crippen LogP) is 3.52. The summed E-state index contributed by atoms with van der Waals surface area (Å²) in [5, 5.41) is 11.9. The molecule has 0 saturated carbocycles. The molecule has 1 aromatic heterocycles. The molecule has 0 aliphatic carbocycles. The molecule has 0 fully saturated rings.